The zero-order valence-corrected chi connectivity index (χ0v) is 18.2. The second-order valence-corrected chi connectivity index (χ2v) is 7.63. The minimum Gasteiger partial charge on any atom is -0.494 e. The van der Waals surface area contributed by atoms with Gasteiger partial charge in [0.2, 0.25) is 5.91 Å². The Balaban J connectivity index is 1.57. The van der Waals surface area contributed by atoms with Crippen LogP contribution < -0.4 is 15.4 Å². The average Bonchev–Trinajstić information content (AvgIpc) is 3.28. The highest BCUT2D eigenvalue weighted by molar-refractivity contribution is 7.80. The second-order valence-electron chi connectivity index (χ2n) is 7.24. The van der Waals surface area contributed by atoms with Gasteiger partial charge < -0.3 is 24.4 Å². The van der Waals surface area contributed by atoms with Gasteiger partial charge in [-0.15, -0.1) is 0 Å². The fraction of sp³-hybridized carbons (Fsp3) is 0.524. The molecule has 10 heteroatoms. The number of rotatable bonds is 7. The first-order valence-corrected chi connectivity index (χ1v) is 10.8. The average molecular weight is 450 g/mol. The van der Waals surface area contributed by atoms with Crippen molar-refractivity contribution in [1.82, 2.24) is 15.5 Å². The third-order valence-electron chi connectivity index (χ3n) is 5.05. The smallest absolute Gasteiger partial charge is 0.308 e. The predicted octanol–water partition coefficient (Wildman–Crippen LogP) is 1.01. The fourth-order valence-corrected chi connectivity index (χ4v) is 3.76. The molecule has 1 aromatic rings. The van der Waals surface area contributed by atoms with Crippen molar-refractivity contribution in [1.29, 1.82) is 0 Å². The van der Waals surface area contributed by atoms with Crippen LogP contribution in [0.4, 0.5) is 0 Å². The Morgan fingerprint density at radius 1 is 1.32 bits per heavy atom. The first-order valence-electron chi connectivity index (χ1n) is 10.4. The van der Waals surface area contributed by atoms with Crippen LogP contribution in [0.15, 0.2) is 24.3 Å². The molecule has 9 nitrogen and oxygen atoms in total. The zero-order valence-electron chi connectivity index (χ0n) is 17.4. The summed E-state index contributed by atoms with van der Waals surface area (Å²) in [6, 6.07) is 5.81. The van der Waals surface area contributed by atoms with Gasteiger partial charge in [-0.2, -0.15) is 0 Å². The third kappa shape index (κ3) is 6.38. The molecule has 2 N–H and O–H groups in total. The highest BCUT2D eigenvalue weighted by atomic mass is 32.1. The van der Waals surface area contributed by atoms with E-state index in [4.69, 9.17) is 26.4 Å². The molecule has 0 radical (unpaired) electrons. The molecule has 0 spiro atoms. The lowest BCUT2D eigenvalue weighted by Gasteiger charge is -2.36. The molecule has 1 aromatic carbocycles. The minimum atomic E-state index is -0.848. The van der Waals surface area contributed by atoms with E-state index >= 15 is 0 Å². The molecule has 0 unspecified atom stereocenters. The third-order valence-corrected chi connectivity index (χ3v) is 5.39. The van der Waals surface area contributed by atoms with Gasteiger partial charge in [0.25, 0.3) is 5.91 Å². The lowest BCUT2D eigenvalue weighted by Crippen LogP contribution is -2.60. The maximum Gasteiger partial charge on any atom is 0.308 e. The van der Waals surface area contributed by atoms with Crippen LogP contribution in [-0.4, -0.2) is 72.9 Å². The molecule has 3 rings (SSSR count). The summed E-state index contributed by atoms with van der Waals surface area (Å²) < 4.78 is 16.1. The molecule has 0 aliphatic carbocycles. The maximum atomic E-state index is 12.6. The zero-order chi connectivity index (χ0) is 22.2. The fourth-order valence-electron chi connectivity index (χ4n) is 3.45. The molecular weight excluding hydrogens is 422 g/mol. The summed E-state index contributed by atoms with van der Waals surface area (Å²) in [4.78, 5) is 38.8. The normalized spacial score (nSPS) is 20.7. The van der Waals surface area contributed by atoms with E-state index < -0.39 is 17.9 Å². The van der Waals surface area contributed by atoms with Crippen molar-refractivity contribution in [2.45, 2.75) is 38.3 Å². The molecule has 2 amide bonds. The van der Waals surface area contributed by atoms with E-state index in [1.54, 1.807) is 29.2 Å². The Kier molecular flexibility index (Phi) is 8.19. The van der Waals surface area contributed by atoms with Gasteiger partial charge in [-0.25, -0.2) is 0 Å². The number of piperazine rings is 1. The van der Waals surface area contributed by atoms with E-state index in [1.165, 1.54) is 0 Å². The van der Waals surface area contributed by atoms with Gasteiger partial charge in [-0.05, 0) is 56.2 Å². The number of nitrogens with one attached hydrogen (secondary N) is 2. The summed E-state index contributed by atoms with van der Waals surface area (Å²) in [7, 11) is 0. The minimum absolute atomic E-state index is 0.0882. The molecule has 31 heavy (non-hydrogen) atoms. The SMILES string of the molecule is CCOc1ccc(C(=O)NC(=S)N2CCNC(=O)[C@@H]2CC(=O)OC[C@@H]2CCCO2)cc1. The lowest BCUT2D eigenvalue weighted by atomic mass is 10.1. The van der Waals surface area contributed by atoms with Crippen LogP contribution >= 0.6 is 12.2 Å². The van der Waals surface area contributed by atoms with Crippen molar-refractivity contribution in [3.63, 3.8) is 0 Å². The van der Waals surface area contributed by atoms with Crippen LogP contribution in [0.1, 0.15) is 36.5 Å². The van der Waals surface area contributed by atoms with E-state index in [9.17, 15) is 14.4 Å². The number of ether oxygens (including phenoxy) is 3. The van der Waals surface area contributed by atoms with Crippen LogP contribution in [0.5, 0.6) is 5.75 Å². The number of benzene rings is 1. The predicted molar refractivity (Wildman–Crippen MR) is 116 cm³/mol. The Hall–Kier alpha value is -2.72. The summed E-state index contributed by atoms with van der Waals surface area (Å²) in [6.07, 6.45) is 1.54. The number of nitrogens with zero attached hydrogens (tertiary/aromatic N) is 1. The number of amides is 2. The van der Waals surface area contributed by atoms with Gasteiger partial charge in [0.05, 0.1) is 19.1 Å². The standard InChI is InChI=1S/C21H27N3O6S/c1-2-28-15-7-5-14(6-8-15)19(26)23-21(31)24-10-9-22-20(27)17(24)12-18(25)30-13-16-4-3-11-29-16/h5-8,16-17H,2-4,9-13H2,1H3,(H,22,27)(H,23,26,31)/t16-,17-/m0/s1. The van der Waals surface area contributed by atoms with Gasteiger partial charge in [-0.1, -0.05) is 0 Å². The van der Waals surface area contributed by atoms with Gasteiger partial charge >= 0.3 is 5.97 Å². The summed E-state index contributed by atoms with van der Waals surface area (Å²) in [5.74, 6) is -0.587. The van der Waals surface area contributed by atoms with Crippen LogP contribution in [0.2, 0.25) is 0 Å². The van der Waals surface area contributed by atoms with E-state index in [0.29, 0.717) is 37.6 Å². The molecule has 2 atom stereocenters. The Bertz CT molecular complexity index is 810. The van der Waals surface area contributed by atoms with Gasteiger partial charge in [0, 0.05) is 25.3 Å². The van der Waals surface area contributed by atoms with Crippen LogP contribution in [0.25, 0.3) is 0 Å². The van der Waals surface area contributed by atoms with Crippen LogP contribution in [-0.2, 0) is 19.1 Å². The molecule has 0 bridgehead atoms. The molecule has 2 fully saturated rings. The van der Waals surface area contributed by atoms with Crippen LogP contribution in [0.3, 0.4) is 0 Å². The van der Waals surface area contributed by atoms with E-state index in [2.05, 4.69) is 10.6 Å². The molecule has 0 aromatic heterocycles. The molecule has 168 valence electrons. The number of hydrogen-bond acceptors (Lipinski definition) is 7. The van der Waals surface area contributed by atoms with Crippen molar-refractivity contribution in [2.24, 2.45) is 0 Å². The van der Waals surface area contributed by atoms with E-state index in [-0.39, 0.29) is 30.2 Å². The topological polar surface area (TPSA) is 106 Å². The van der Waals surface area contributed by atoms with E-state index in [1.807, 2.05) is 6.92 Å². The monoisotopic (exact) mass is 449 g/mol. The van der Waals surface area contributed by atoms with Crippen molar-refractivity contribution < 1.29 is 28.6 Å². The molecular formula is C21H27N3O6S. The Labute approximate surface area is 186 Å². The molecule has 0 saturated carbocycles. The van der Waals surface area contributed by atoms with Crippen molar-refractivity contribution in [3.05, 3.63) is 29.8 Å². The number of esters is 1. The summed E-state index contributed by atoms with van der Waals surface area (Å²) >= 11 is 5.37. The van der Waals surface area contributed by atoms with Gasteiger partial charge in [0.15, 0.2) is 5.11 Å². The van der Waals surface area contributed by atoms with Gasteiger partial charge in [0.1, 0.15) is 18.4 Å². The number of carbonyl (C=O) groups excluding carboxylic acids is 3. The summed E-state index contributed by atoms with van der Waals surface area (Å²) in [5.41, 5.74) is 0.403. The van der Waals surface area contributed by atoms with E-state index in [0.717, 1.165) is 12.8 Å². The van der Waals surface area contributed by atoms with Crippen molar-refractivity contribution >= 4 is 35.1 Å². The highest BCUT2D eigenvalue weighted by Gasteiger charge is 2.34. The number of hydrogen-bond donors (Lipinski definition) is 2. The Morgan fingerprint density at radius 3 is 2.77 bits per heavy atom. The highest BCUT2D eigenvalue weighted by Crippen LogP contribution is 2.15. The van der Waals surface area contributed by atoms with Gasteiger partial charge in [-0.3, -0.25) is 19.7 Å². The van der Waals surface area contributed by atoms with Crippen molar-refractivity contribution in [3.8, 4) is 5.75 Å². The quantitative estimate of drug-likeness (QED) is 0.469. The maximum absolute atomic E-state index is 12.6. The van der Waals surface area contributed by atoms with Crippen molar-refractivity contribution in [2.75, 3.05) is 32.9 Å². The first-order chi connectivity index (χ1) is 15.0. The molecule has 2 aliphatic rings. The largest absolute Gasteiger partial charge is 0.494 e. The summed E-state index contributed by atoms with van der Waals surface area (Å²) in [6.45, 7) is 3.99. The molecule has 2 saturated heterocycles. The molecule has 2 heterocycles. The lowest BCUT2D eigenvalue weighted by molar-refractivity contribution is -0.150. The summed E-state index contributed by atoms with van der Waals surface area (Å²) in [5, 5.41) is 5.46. The number of carbonyl (C=O) groups is 3. The Morgan fingerprint density at radius 2 is 2.10 bits per heavy atom. The second kappa shape index (κ2) is 11.1. The van der Waals surface area contributed by atoms with Crippen LogP contribution in [0, 0.1) is 0 Å². The molecule has 2 aliphatic heterocycles. The number of thiocarbonyl (C=S) groups is 1. The first kappa shape index (κ1) is 23.0.